The second-order valence-corrected chi connectivity index (χ2v) is 8.95. The van der Waals surface area contributed by atoms with Crippen molar-refractivity contribution in [2.75, 3.05) is 6.61 Å². The standard InChI is InChI=1S/C25H42O5/c1-2-3-4-5-9-14-22(26)20-17-18-23(30-25-16-11-12-19-29-25)21(20)13-8-6-7-10-15-24(27)28/h20-23,25-26H,2-8,10-13,15-19H2,1H3,(H,27,28). The summed E-state index contributed by atoms with van der Waals surface area (Å²) in [6.07, 6.45) is 13.9. The number of rotatable bonds is 13. The van der Waals surface area contributed by atoms with E-state index in [4.69, 9.17) is 14.6 Å². The Balaban J connectivity index is 1.86. The number of carbonyl (C=O) groups is 1. The number of aliphatic hydroxyl groups is 1. The Morgan fingerprint density at radius 3 is 2.67 bits per heavy atom. The van der Waals surface area contributed by atoms with Gasteiger partial charge in [0.2, 0.25) is 0 Å². The highest BCUT2D eigenvalue weighted by Crippen LogP contribution is 2.40. The van der Waals surface area contributed by atoms with E-state index in [1.807, 2.05) is 0 Å². The average Bonchev–Trinajstić information content (AvgIpc) is 3.13. The number of ether oxygens (including phenoxy) is 2. The Morgan fingerprint density at radius 1 is 1.10 bits per heavy atom. The normalized spacial score (nSPS) is 27.4. The first-order chi connectivity index (χ1) is 14.6. The number of aliphatic hydroxyl groups excluding tert-OH is 1. The molecule has 5 atom stereocenters. The maximum atomic E-state index is 10.8. The monoisotopic (exact) mass is 422 g/mol. The van der Waals surface area contributed by atoms with Crippen LogP contribution < -0.4 is 0 Å². The molecule has 5 unspecified atom stereocenters. The molecule has 1 saturated carbocycles. The van der Waals surface area contributed by atoms with E-state index in [-0.39, 0.29) is 24.7 Å². The minimum Gasteiger partial charge on any atom is -0.481 e. The van der Waals surface area contributed by atoms with Gasteiger partial charge in [-0.2, -0.15) is 0 Å². The van der Waals surface area contributed by atoms with Crippen molar-refractivity contribution < 1.29 is 24.5 Å². The molecule has 2 fully saturated rings. The molecule has 0 amide bonds. The van der Waals surface area contributed by atoms with Crippen molar-refractivity contribution in [2.24, 2.45) is 11.8 Å². The molecule has 5 heteroatoms. The van der Waals surface area contributed by atoms with Crippen LogP contribution in [0.5, 0.6) is 0 Å². The van der Waals surface area contributed by atoms with E-state index < -0.39 is 12.1 Å². The number of carboxylic acids is 1. The van der Waals surface area contributed by atoms with Crippen LogP contribution in [0.4, 0.5) is 0 Å². The largest absolute Gasteiger partial charge is 0.481 e. The highest BCUT2D eigenvalue weighted by molar-refractivity contribution is 5.66. The zero-order chi connectivity index (χ0) is 21.6. The minimum absolute atomic E-state index is 0.0992. The predicted molar refractivity (Wildman–Crippen MR) is 118 cm³/mol. The maximum absolute atomic E-state index is 10.8. The lowest BCUT2D eigenvalue weighted by atomic mass is 9.85. The van der Waals surface area contributed by atoms with Gasteiger partial charge in [-0.05, 0) is 57.3 Å². The van der Waals surface area contributed by atoms with E-state index in [2.05, 4.69) is 18.8 Å². The van der Waals surface area contributed by atoms with E-state index in [1.165, 1.54) is 12.8 Å². The summed E-state index contributed by atoms with van der Waals surface area (Å²) in [6.45, 7) is 2.96. The summed E-state index contributed by atoms with van der Waals surface area (Å²) in [4.78, 5) is 10.7. The van der Waals surface area contributed by atoms with Crippen molar-refractivity contribution >= 4 is 5.97 Å². The van der Waals surface area contributed by atoms with Gasteiger partial charge in [0.1, 0.15) is 6.10 Å². The molecule has 172 valence electrons. The minimum atomic E-state index is -0.715. The Kier molecular flexibility index (Phi) is 12.4. The lowest BCUT2D eigenvalue weighted by Crippen LogP contribution is -2.33. The third-order valence-electron chi connectivity index (χ3n) is 6.52. The molecular formula is C25H42O5. The van der Waals surface area contributed by atoms with Gasteiger partial charge in [-0.1, -0.05) is 44.9 Å². The smallest absolute Gasteiger partial charge is 0.303 e. The van der Waals surface area contributed by atoms with Gasteiger partial charge in [0.25, 0.3) is 0 Å². The van der Waals surface area contributed by atoms with Gasteiger partial charge in [0.05, 0.1) is 6.10 Å². The fourth-order valence-electron chi connectivity index (χ4n) is 4.79. The molecule has 0 aromatic rings. The first kappa shape index (κ1) is 25.2. The van der Waals surface area contributed by atoms with Crippen LogP contribution in [0.3, 0.4) is 0 Å². The quantitative estimate of drug-likeness (QED) is 0.311. The van der Waals surface area contributed by atoms with E-state index in [0.717, 1.165) is 83.7 Å². The van der Waals surface area contributed by atoms with Crippen molar-refractivity contribution in [1.29, 1.82) is 0 Å². The molecule has 1 aliphatic heterocycles. The van der Waals surface area contributed by atoms with Crippen molar-refractivity contribution in [3.63, 3.8) is 0 Å². The molecule has 5 nitrogen and oxygen atoms in total. The van der Waals surface area contributed by atoms with Gasteiger partial charge in [-0.25, -0.2) is 0 Å². The number of aliphatic carboxylic acids is 1. The summed E-state index contributed by atoms with van der Waals surface area (Å²) >= 11 is 0. The van der Waals surface area contributed by atoms with E-state index in [1.54, 1.807) is 0 Å². The summed E-state index contributed by atoms with van der Waals surface area (Å²) in [6, 6.07) is 0. The summed E-state index contributed by atoms with van der Waals surface area (Å²) in [5.41, 5.74) is 0. The Bertz CT molecular complexity index is 531. The molecular weight excluding hydrogens is 380 g/mol. The Labute approximate surface area is 182 Å². The van der Waals surface area contributed by atoms with Crippen molar-refractivity contribution in [2.45, 2.75) is 122 Å². The molecule has 0 spiro atoms. The summed E-state index contributed by atoms with van der Waals surface area (Å²) in [5, 5.41) is 19.6. The molecule has 0 aromatic carbocycles. The number of unbranched alkanes of at least 4 members (excludes halogenated alkanes) is 6. The van der Waals surface area contributed by atoms with Crippen LogP contribution in [0.2, 0.25) is 0 Å². The van der Waals surface area contributed by atoms with E-state index >= 15 is 0 Å². The van der Waals surface area contributed by atoms with Crippen molar-refractivity contribution in [1.82, 2.24) is 0 Å². The molecule has 2 rings (SSSR count). The number of hydrogen-bond donors (Lipinski definition) is 2. The van der Waals surface area contributed by atoms with Gasteiger partial charge >= 0.3 is 5.97 Å². The first-order valence-corrected chi connectivity index (χ1v) is 12.3. The van der Waals surface area contributed by atoms with Crippen LogP contribution in [-0.2, 0) is 14.3 Å². The van der Waals surface area contributed by atoms with Crippen LogP contribution in [0.1, 0.15) is 103 Å². The summed E-state index contributed by atoms with van der Waals surface area (Å²) in [5.74, 6) is 6.05. The van der Waals surface area contributed by atoms with Crippen LogP contribution in [0.15, 0.2) is 0 Å². The second kappa shape index (κ2) is 14.8. The maximum Gasteiger partial charge on any atom is 0.303 e. The molecule has 0 radical (unpaired) electrons. The highest BCUT2D eigenvalue weighted by Gasteiger charge is 2.41. The topological polar surface area (TPSA) is 76.0 Å². The predicted octanol–water partition coefficient (Wildman–Crippen LogP) is 5.29. The highest BCUT2D eigenvalue weighted by atomic mass is 16.7. The third kappa shape index (κ3) is 9.37. The molecule has 1 aliphatic carbocycles. The fraction of sp³-hybridized carbons (Fsp3) is 0.880. The van der Waals surface area contributed by atoms with Crippen molar-refractivity contribution in [3.8, 4) is 11.8 Å². The van der Waals surface area contributed by atoms with Crippen LogP contribution in [0, 0.1) is 23.7 Å². The molecule has 1 saturated heterocycles. The molecule has 0 bridgehead atoms. The molecule has 30 heavy (non-hydrogen) atoms. The fourth-order valence-corrected chi connectivity index (χ4v) is 4.79. The Hall–Kier alpha value is -1.09. The van der Waals surface area contributed by atoms with Crippen LogP contribution in [0.25, 0.3) is 0 Å². The van der Waals surface area contributed by atoms with Crippen molar-refractivity contribution in [3.05, 3.63) is 0 Å². The second-order valence-electron chi connectivity index (χ2n) is 8.95. The number of carboxylic acid groups (broad SMARTS) is 1. The summed E-state index contributed by atoms with van der Waals surface area (Å²) < 4.78 is 12.2. The Morgan fingerprint density at radius 2 is 1.93 bits per heavy atom. The van der Waals surface area contributed by atoms with E-state index in [9.17, 15) is 9.90 Å². The molecule has 2 N–H and O–H groups in total. The molecule has 0 aromatic heterocycles. The van der Waals surface area contributed by atoms with Gasteiger partial charge in [0.15, 0.2) is 6.29 Å². The lowest BCUT2D eigenvalue weighted by molar-refractivity contribution is -0.197. The average molecular weight is 423 g/mol. The van der Waals surface area contributed by atoms with Gasteiger partial charge < -0.3 is 19.7 Å². The number of hydrogen-bond acceptors (Lipinski definition) is 4. The van der Waals surface area contributed by atoms with E-state index in [0.29, 0.717) is 5.92 Å². The SMILES string of the molecule is CCCCCC#CC(O)C1CCC(OC2CCCCO2)C1CCCCCCC(=O)O. The van der Waals surface area contributed by atoms with Gasteiger partial charge in [-0.3, -0.25) is 4.79 Å². The third-order valence-corrected chi connectivity index (χ3v) is 6.52. The van der Waals surface area contributed by atoms with Gasteiger partial charge in [-0.15, -0.1) is 5.92 Å². The van der Waals surface area contributed by atoms with Gasteiger partial charge in [0, 0.05) is 25.4 Å². The van der Waals surface area contributed by atoms with Crippen LogP contribution in [-0.4, -0.2) is 41.3 Å². The lowest BCUT2D eigenvalue weighted by Gasteiger charge is -2.31. The van der Waals surface area contributed by atoms with Crippen LogP contribution >= 0.6 is 0 Å². The molecule has 1 heterocycles. The zero-order valence-corrected chi connectivity index (χ0v) is 18.8. The molecule has 2 aliphatic rings. The zero-order valence-electron chi connectivity index (χ0n) is 18.8. The summed E-state index contributed by atoms with van der Waals surface area (Å²) in [7, 11) is 0. The first-order valence-electron chi connectivity index (χ1n) is 12.3.